The van der Waals surface area contributed by atoms with E-state index >= 15 is 0 Å². The second kappa shape index (κ2) is 7.70. The van der Waals surface area contributed by atoms with Crippen LogP contribution in [-0.4, -0.2) is 23.5 Å². The van der Waals surface area contributed by atoms with E-state index in [4.69, 9.17) is 29.3 Å². The molecule has 0 radical (unpaired) electrons. The fraction of sp³-hybridized carbons (Fsp3) is 0.300. The molecule has 0 fully saturated rings. The summed E-state index contributed by atoms with van der Waals surface area (Å²) in [5.41, 5.74) is -2.63. The highest BCUT2D eigenvalue weighted by Crippen LogP contribution is 2.22. The summed E-state index contributed by atoms with van der Waals surface area (Å²) in [5, 5.41) is 0.472. The highest BCUT2D eigenvalue weighted by atomic mass is 35.5. The Hall–Kier alpha value is -2.33. The number of esters is 1. The molecule has 5 heteroatoms. The average molecular weight is 367 g/mol. The summed E-state index contributed by atoms with van der Waals surface area (Å²) < 4.78 is 56.7. The molecule has 2 rings (SSSR count). The molecule has 132 valence electrons. The first-order valence-corrected chi connectivity index (χ1v) is 7.87. The lowest BCUT2D eigenvalue weighted by Gasteiger charge is -2.25. The molecule has 0 unspecified atom stereocenters. The quantitative estimate of drug-likeness (QED) is 0.550. The zero-order valence-corrected chi connectivity index (χ0v) is 14.5. The Balaban J connectivity index is 2.42. The third-order valence-electron chi connectivity index (χ3n) is 3.12. The van der Waals surface area contributed by atoms with Crippen LogP contribution in [0.25, 0.3) is 0 Å². The normalized spacial score (nSPS) is 15.8. The second-order valence-electron chi connectivity index (χ2n) is 5.60. The Labute approximate surface area is 161 Å². The van der Waals surface area contributed by atoms with Crippen molar-refractivity contribution in [1.82, 2.24) is 0 Å². The Bertz CT molecular complexity index is 920. The molecule has 2 aromatic rings. The maximum atomic E-state index is 12.6. The van der Waals surface area contributed by atoms with Crippen molar-refractivity contribution < 1.29 is 27.3 Å². The second-order valence-corrected chi connectivity index (χ2v) is 6.03. The zero-order valence-electron chi connectivity index (χ0n) is 19.7. The van der Waals surface area contributed by atoms with Gasteiger partial charge >= 0.3 is 5.97 Å². The minimum absolute atomic E-state index is 0.222. The summed E-state index contributed by atoms with van der Waals surface area (Å²) in [6, 6.07) is 11.3. The number of rotatable bonds is 6. The van der Waals surface area contributed by atoms with Crippen molar-refractivity contribution in [2.24, 2.45) is 0 Å². The fourth-order valence-corrected chi connectivity index (χ4v) is 2.08. The Kier molecular flexibility index (Phi) is 3.73. The summed E-state index contributed by atoms with van der Waals surface area (Å²) in [7, 11) is 0. The maximum Gasteiger partial charge on any atom is 0.350 e. The first-order chi connectivity index (χ1) is 14.2. The predicted molar refractivity (Wildman–Crippen MR) is 97.3 cm³/mol. The number of carbonyl (C=O) groups excluding carboxylic acids is 2. The minimum atomic E-state index is -3.37. The molecule has 0 aliphatic carbocycles. The van der Waals surface area contributed by atoms with Crippen molar-refractivity contribution in [3.8, 4) is 5.75 Å². The molecule has 0 saturated heterocycles. The number of ketones is 1. The van der Waals surface area contributed by atoms with Gasteiger partial charge in [0.2, 0.25) is 0 Å². The van der Waals surface area contributed by atoms with Crippen molar-refractivity contribution in [1.29, 1.82) is 0 Å². The zero-order chi connectivity index (χ0) is 23.6. The first kappa shape index (κ1) is 12.1. The summed E-state index contributed by atoms with van der Waals surface area (Å²) in [5.74, 6) is -2.08. The molecule has 0 bridgehead atoms. The lowest BCUT2D eigenvalue weighted by Crippen LogP contribution is -2.40. The third-order valence-corrected chi connectivity index (χ3v) is 3.38. The fourth-order valence-electron chi connectivity index (χ4n) is 1.96. The summed E-state index contributed by atoms with van der Waals surface area (Å²) in [6.45, 7) is -3.83. The van der Waals surface area contributed by atoms with E-state index in [1.54, 1.807) is 24.3 Å². The van der Waals surface area contributed by atoms with Crippen LogP contribution in [0.3, 0.4) is 0 Å². The van der Waals surface area contributed by atoms with Crippen LogP contribution in [0.1, 0.15) is 51.7 Å². The van der Waals surface area contributed by atoms with Crippen LogP contribution in [0.5, 0.6) is 5.75 Å². The van der Waals surface area contributed by atoms with Crippen LogP contribution >= 0.6 is 11.6 Å². The molecule has 0 spiro atoms. The van der Waals surface area contributed by atoms with E-state index < -0.39 is 31.4 Å². The van der Waals surface area contributed by atoms with Gasteiger partial charge in [0.25, 0.3) is 0 Å². The van der Waals surface area contributed by atoms with Crippen LogP contribution in [0.2, 0.25) is 5.02 Å². The van der Waals surface area contributed by atoms with Gasteiger partial charge in [-0.3, -0.25) is 4.79 Å². The van der Waals surface area contributed by atoms with E-state index in [1.807, 2.05) is 0 Å². The van der Waals surface area contributed by atoms with E-state index in [0.29, 0.717) is 10.6 Å². The molecule has 0 heterocycles. The number of carbonyl (C=O) groups is 2. The smallest absolute Gasteiger partial charge is 0.350 e. The molecule has 2 aromatic carbocycles. The van der Waals surface area contributed by atoms with Crippen LogP contribution in [0.15, 0.2) is 48.5 Å². The van der Waals surface area contributed by atoms with E-state index in [1.165, 1.54) is 38.1 Å². The molecular weight excluding hydrogens is 340 g/mol. The van der Waals surface area contributed by atoms with Gasteiger partial charge in [0.15, 0.2) is 11.4 Å². The minimum Gasteiger partial charge on any atom is -0.476 e. The molecule has 0 aromatic heterocycles. The van der Waals surface area contributed by atoms with Crippen molar-refractivity contribution in [2.45, 2.75) is 39.3 Å². The number of hydrogen-bond acceptors (Lipinski definition) is 4. The molecular formula is C20H21ClO4. The molecule has 0 aliphatic heterocycles. The molecule has 0 atom stereocenters. The van der Waals surface area contributed by atoms with E-state index in [0.717, 1.165) is 0 Å². The molecule has 0 aliphatic rings. The lowest BCUT2D eigenvalue weighted by molar-refractivity contribution is -0.163. The van der Waals surface area contributed by atoms with Crippen LogP contribution in [-0.2, 0) is 9.53 Å². The monoisotopic (exact) mass is 366 g/mol. The molecule has 0 N–H and O–H groups in total. The summed E-state index contributed by atoms with van der Waals surface area (Å²) in [6.07, 6.45) is -0.764. The highest BCUT2D eigenvalue weighted by molar-refractivity contribution is 6.30. The molecule has 4 nitrogen and oxygen atoms in total. The number of benzene rings is 2. The van der Waals surface area contributed by atoms with Crippen LogP contribution in [0.4, 0.5) is 0 Å². The largest absolute Gasteiger partial charge is 0.476 e. The molecule has 25 heavy (non-hydrogen) atoms. The summed E-state index contributed by atoms with van der Waals surface area (Å²) in [4.78, 5) is 25.2. The van der Waals surface area contributed by atoms with Crippen molar-refractivity contribution in [2.75, 3.05) is 0 Å². The van der Waals surface area contributed by atoms with E-state index in [-0.39, 0.29) is 17.1 Å². The van der Waals surface area contributed by atoms with E-state index in [2.05, 4.69) is 0 Å². The van der Waals surface area contributed by atoms with Crippen molar-refractivity contribution in [3.05, 3.63) is 64.7 Å². The standard InChI is InChI=1S/C20H21ClO4/c1-13(2)24-19(23)20(3,4)25-17-11-7-15(8-12-17)18(22)14-5-9-16(21)10-6-14/h5-13H,1-4H3/i3D3,4D3. The average Bonchev–Trinajstić information content (AvgIpc) is 2.64. The summed E-state index contributed by atoms with van der Waals surface area (Å²) >= 11 is 5.82. The van der Waals surface area contributed by atoms with Gasteiger partial charge in [-0.2, -0.15) is 0 Å². The molecule has 0 saturated carbocycles. The Morgan fingerprint density at radius 3 is 2.00 bits per heavy atom. The number of hydrogen-bond donors (Lipinski definition) is 0. The Morgan fingerprint density at radius 2 is 1.52 bits per heavy atom. The van der Waals surface area contributed by atoms with Crippen LogP contribution in [0, 0.1) is 0 Å². The van der Waals surface area contributed by atoms with Gasteiger partial charge in [-0.25, -0.2) is 4.79 Å². The maximum absolute atomic E-state index is 12.6. The van der Waals surface area contributed by atoms with Gasteiger partial charge in [0.05, 0.1) is 6.10 Å². The van der Waals surface area contributed by atoms with Gasteiger partial charge in [-0.05, 0) is 76.1 Å². The third kappa shape index (κ3) is 5.07. The van der Waals surface area contributed by atoms with Gasteiger partial charge in [-0.15, -0.1) is 0 Å². The topological polar surface area (TPSA) is 52.6 Å². The van der Waals surface area contributed by atoms with Gasteiger partial charge in [0, 0.05) is 24.4 Å². The van der Waals surface area contributed by atoms with Crippen molar-refractivity contribution in [3.63, 3.8) is 0 Å². The van der Waals surface area contributed by atoms with Gasteiger partial charge in [-0.1, -0.05) is 11.6 Å². The number of halogens is 1. The molecule has 0 amide bonds. The lowest BCUT2D eigenvalue weighted by atomic mass is 10.0. The highest BCUT2D eigenvalue weighted by Gasteiger charge is 2.32. The van der Waals surface area contributed by atoms with E-state index in [9.17, 15) is 9.59 Å². The predicted octanol–water partition coefficient (Wildman–Crippen LogP) is 4.68. The van der Waals surface area contributed by atoms with Crippen molar-refractivity contribution >= 4 is 23.4 Å². The van der Waals surface area contributed by atoms with Gasteiger partial charge in [0.1, 0.15) is 5.75 Å². The SMILES string of the molecule is [2H]C([2H])([2H])C(Oc1ccc(C(=O)c2ccc(Cl)cc2)cc1)(C(=O)OC(C)C)C([2H])([2H])[2H]. The van der Waals surface area contributed by atoms with Crippen LogP contribution < -0.4 is 4.74 Å². The first-order valence-electron chi connectivity index (χ1n) is 10.5. The number of ether oxygens (including phenoxy) is 2. The van der Waals surface area contributed by atoms with Gasteiger partial charge < -0.3 is 9.47 Å². The Morgan fingerprint density at radius 1 is 1.00 bits per heavy atom.